The van der Waals surface area contributed by atoms with Gasteiger partial charge in [-0.25, -0.2) is 0 Å². The fourth-order valence-electron chi connectivity index (χ4n) is 1.55. The highest BCUT2D eigenvalue weighted by atomic mass is 79.9. The highest BCUT2D eigenvalue weighted by Gasteiger charge is 2.17. The molecule has 0 aromatic heterocycles. The van der Waals surface area contributed by atoms with Crippen LogP contribution in [0.5, 0.6) is 0 Å². The van der Waals surface area contributed by atoms with E-state index in [9.17, 15) is 4.79 Å². The summed E-state index contributed by atoms with van der Waals surface area (Å²) in [6, 6.07) is 7.71. The van der Waals surface area contributed by atoms with E-state index >= 15 is 0 Å². The number of hydrogen-bond acceptors (Lipinski definition) is 2. The van der Waals surface area contributed by atoms with Crippen LogP contribution in [0.15, 0.2) is 22.7 Å². The van der Waals surface area contributed by atoms with E-state index in [1.807, 2.05) is 19.1 Å². The van der Waals surface area contributed by atoms with E-state index in [1.54, 1.807) is 24.9 Å². The molecule has 1 amide bonds. The zero-order valence-corrected chi connectivity index (χ0v) is 11.8. The molecular formula is C13H15BrN2O. The van der Waals surface area contributed by atoms with Crippen molar-refractivity contribution in [2.24, 2.45) is 5.92 Å². The first-order valence-electron chi connectivity index (χ1n) is 5.37. The smallest absolute Gasteiger partial charge is 0.254 e. The average molecular weight is 295 g/mol. The van der Waals surface area contributed by atoms with Crippen LogP contribution in [0, 0.1) is 24.2 Å². The highest BCUT2D eigenvalue weighted by Crippen LogP contribution is 2.22. The lowest BCUT2D eigenvalue weighted by Crippen LogP contribution is -2.31. The van der Waals surface area contributed by atoms with Gasteiger partial charge >= 0.3 is 0 Å². The lowest BCUT2D eigenvalue weighted by molar-refractivity contribution is 0.0784. The summed E-state index contributed by atoms with van der Waals surface area (Å²) in [6.07, 6.45) is 0. The Balaban J connectivity index is 2.90. The van der Waals surface area contributed by atoms with Gasteiger partial charge in [0, 0.05) is 18.1 Å². The maximum atomic E-state index is 12.2. The number of carbonyl (C=O) groups excluding carboxylic acids is 1. The fraction of sp³-hybridized carbons (Fsp3) is 0.385. The summed E-state index contributed by atoms with van der Waals surface area (Å²) < 4.78 is 0.821. The van der Waals surface area contributed by atoms with Crippen LogP contribution in [0.2, 0.25) is 0 Å². The SMILES string of the molecule is Cc1cccc(C(=O)N(C)CC(C)C#N)c1Br. The first kappa shape index (κ1) is 13.7. The van der Waals surface area contributed by atoms with E-state index < -0.39 is 0 Å². The van der Waals surface area contributed by atoms with E-state index in [1.165, 1.54) is 0 Å². The van der Waals surface area contributed by atoms with Crippen molar-refractivity contribution >= 4 is 21.8 Å². The zero-order chi connectivity index (χ0) is 13.0. The number of halogens is 1. The summed E-state index contributed by atoms with van der Waals surface area (Å²) in [5, 5.41) is 8.74. The molecule has 0 bridgehead atoms. The predicted octanol–water partition coefficient (Wildman–Crippen LogP) is 2.99. The van der Waals surface area contributed by atoms with Gasteiger partial charge in [-0.3, -0.25) is 4.79 Å². The lowest BCUT2D eigenvalue weighted by atomic mass is 10.1. The summed E-state index contributed by atoms with van der Waals surface area (Å²) in [4.78, 5) is 13.7. The van der Waals surface area contributed by atoms with Gasteiger partial charge in [0.1, 0.15) is 0 Å². The fourth-order valence-corrected chi connectivity index (χ4v) is 1.99. The quantitative estimate of drug-likeness (QED) is 0.860. The first-order chi connectivity index (χ1) is 7.97. The van der Waals surface area contributed by atoms with Crippen molar-refractivity contribution in [3.05, 3.63) is 33.8 Å². The minimum absolute atomic E-state index is 0.0670. The molecule has 1 unspecified atom stereocenters. The van der Waals surface area contributed by atoms with E-state index in [2.05, 4.69) is 22.0 Å². The first-order valence-corrected chi connectivity index (χ1v) is 6.17. The number of nitriles is 1. The minimum Gasteiger partial charge on any atom is -0.340 e. The summed E-state index contributed by atoms with van der Waals surface area (Å²) in [5.74, 6) is -0.227. The van der Waals surface area contributed by atoms with Crippen molar-refractivity contribution in [3.8, 4) is 6.07 Å². The summed E-state index contributed by atoms with van der Waals surface area (Å²) in [6.45, 7) is 4.18. The molecule has 0 radical (unpaired) electrons. The Bertz CT molecular complexity index is 465. The van der Waals surface area contributed by atoms with Gasteiger partial charge in [0.15, 0.2) is 0 Å². The maximum Gasteiger partial charge on any atom is 0.254 e. The Hall–Kier alpha value is -1.34. The van der Waals surface area contributed by atoms with Crippen LogP contribution in [0.1, 0.15) is 22.8 Å². The molecule has 1 aromatic rings. The molecule has 0 aliphatic carbocycles. The predicted molar refractivity (Wildman–Crippen MR) is 70.6 cm³/mol. The van der Waals surface area contributed by atoms with Crippen LogP contribution < -0.4 is 0 Å². The van der Waals surface area contributed by atoms with Crippen molar-refractivity contribution in [2.75, 3.05) is 13.6 Å². The monoisotopic (exact) mass is 294 g/mol. The normalized spacial score (nSPS) is 11.7. The Morgan fingerprint density at radius 1 is 1.59 bits per heavy atom. The van der Waals surface area contributed by atoms with Crippen LogP contribution >= 0.6 is 15.9 Å². The molecule has 90 valence electrons. The van der Waals surface area contributed by atoms with Crippen molar-refractivity contribution < 1.29 is 4.79 Å². The van der Waals surface area contributed by atoms with Gasteiger partial charge in [0.2, 0.25) is 0 Å². The van der Waals surface area contributed by atoms with E-state index in [0.29, 0.717) is 12.1 Å². The minimum atomic E-state index is -0.160. The van der Waals surface area contributed by atoms with Crippen molar-refractivity contribution in [2.45, 2.75) is 13.8 Å². The van der Waals surface area contributed by atoms with Gasteiger partial charge in [-0.05, 0) is 41.4 Å². The molecule has 0 spiro atoms. The number of amides is 1. The number of aryl methyl sites for hydroxylation is 1. The Morgan fingerprint density at radius 2 is 2.24 bits per heavy atom. The molecule has 0 aliphatic rings. The standard InChI is InChI=1S/C13H15BrN2O/c1-9(7-15)8-16(3)13(17)11-6-4-5-10(2)12(11)14/h4-6,9H,8H2,1-3H3. The molecule has 17 heavy (non-hydrogen) atoms. The Kier molecular flexibility index (Phi) is 4.71. The molecule has 0 fully saturated rings. The highest BCUT2D eigenvalue weighted by molar-refractivity contribution is 9.10. The zero-order valence-electron chi connectivity index (χ0n) is 10.2. The van der Waals surface area contributed by atoms with Gasteiger partial charge in [-0.1, -0.05) is 12.1 Å². The second-order valence-electron chi connectivity index (χ2n) is 4.15. The molecule has 1 rings (SSSR count). The molecule has 0 saturated heterocycles. The molecule has 1 aromatic carbocycles. The van der Waals surface area contributed by atoms with Crippen LogP contribution in [0.4, 0.5) is 0 Å². The van der Waals surface area contributed by atoms with Crippen molar-refractivity contribution in [3.63, 3.8) is 0 Å². The summed E-state index contributed by atoms with van der Waals surface area (Å²) >= 11 is 3.42. The van der Waals surface area contributed by atoms with Crippen LogP contribution in [0.3, 0.4) is 0 Å². The molecular weight excluding hydrogens is 280 g/mol. The largest absolute Gasteiger partial charge is 0.340 e. The van der Waals surface area contributed by atoms with Crippen LogP contribution in [0.25, 0.3) is 0 Å². The van der Waals surface area contributed by atoms with Gasteiger partial charge in [-0.2, -0.15) is 5.26 Å². The second-order valence-corrected chi connectivity index (χ2v) is 4.95. The van der Waals surface area contributed by atoms with E-state index in [0.717, 1.165) is 10.0 Å². The van der Waals surface area contributed by atoms with E-state index in [-0.39, 0.29) is 11.8 Å². The third-order valence-corrected chi connectivity index (χ3v) is 3.59. The van der Waals surface area contributed by atoms with Crippen molar-refractivity contribution in [1.82, 2.24) is 4.90 Å². The maximum absolute atomic E-state index is 12.2. The number of carbonyl (C=O) groups is 1. The van der Waals surface area contributed by atoms with Gasteiger partial charge in [0.25, 0.3) is 5.91 Å². The van der Waals surface area contributed by atoms with Crippen LogP contribution in [-0.4, -0.2) is 24.4 Å². The number of rotatable bonds is 3. The third-order valence-electron chi connectivity index (χ3n) is 2.54. The average Bonchev–Trinajstić information content (AvgIpc) is 2.31. The Labute approximate surface area is 110 Å². The summed E-state index contributed by atoms with van der Waals surface area (Å²) in [7, 11) is 1.71. The molecule has 3 nitrogen and oxygen atoms in total. The molecule has 4 heteroatoms. The lowest BCUT2D eigenvalue weighted by Gasteiger charge is -2.19. The van der Waals surface area contributed by atoms with Gasteiger partial charge in [-0.15, -0.1) is 0 Å². The number of nitrogens with zero attached hydrogens (tertiary/aromatic N) is 2. The van der Waals surface area contributed by atoms with Crippen molar-refractivity contribution in [1.29, 1.82) is 5.26 Å². The molecule has 0 heterocycles. The Morgan fingerprint density at radius 3 is 2.82 bits per heavy atom. The van der Waals surface area contributed by atoms with E-state index in [4.69, 9.17) is 5.26 Å². The van der Waals surface area contributed by atoms with Gasteiger partial charge in [0.05, 0.1) is 17.6 Å². The second kappa shape index (κ2) is 5.83. The van der Waals surface area contributed by atoms with Gasteiger partial charge < -0.3 is 4.90 Å². The molecule has 1 atom stereocenters. The molecule has 0 N–H and O–H groups in total. The molecule has 0 saturated carbocycles. The third kappa shape index (κ3) is 3.31. The topological polar surface area (TPSA) is 44.1 Å². The molecule has 0 aliphatic heterocycles. The number of benzene rings is 1. The van der Waals surface area contributed by atoms with Crippen LogP contribution in [-0.2, 0) is 0 Å². The summed E-state index contributed by atoms with van der Waals surface area (Å²) in [5.41, 5.74) is 1.66. The number of hydrogen-bond donors (Lipinski definition) is 0.